The van der Waals surface area contributed by atoms with Crippen LogP contribution in [0.5, 0.6) is 0 Å². The molecule has 88 valence electrons. The van der Waals surface area contributed by atoms with Crippen molar-refractivity contribution in [3.05, 3.63) is 69.2 Å². The topological polar surface area (TPSA) is 20.2 Å². The third-order valence-electron chi connectivity index (χ3n) is 2.80. The lowest BCUT2D eigenvalue weighted by atomic mass is 9.97. The molecule has 17 heavy (non-hydrogen) atoms. The minimum absolute atomic E-state index is 0.555. The third-order valence-corrected chi connectivity index (χ3v) is 3.56. The molecule has 0 saturated heterocycles. The predicted molar refractivity (Wildman–Crippen MR) is 71.7 cm³/mol. The fourth-order valence-corrected chi connectivity index (χ4v) is 2.21. The summed E-state index contributed by atoms with van der Waals surface area (Å²) in [6.07, 6.45) is -0.748. The van der Waals surface area contributed by atoms with Gasteiger partial charge >= 0.3 is 0 Å². The number of aliphatic hydroxyl groups excluding tert-OH is 1. The molecule has 0 aliphatic carbocycles. The van der Waals surface area contributed by atoms with Gasteiger partial charge in [-0.05, 0) is 30.2 Å². The zero-order valence-electron chi connectivity index (χ0n) is 9.32. The molecule has 1 unspecified atom stereocenters. The predicted octanol–water partition coefficient (Wildman–Crippen LogP) is 4.38. The molecule has 0 saturated carbocycles. The van der Waals surface area contributed by atoms with Crippen LogP contribution in [0.3, 0.4) is 0 Å². The van der Waals surface area contributed by atoms with E-state index >= 15 is 0 Å². The number of aliphatic hydroxyl groups is 1. The number of benzene rings is 2. The van der Waals surface area contributed by atoms with Crippen molar-refractivity contribution in [1.82, 2.24) is 0 Å². The van der Waals surface area contributed by atoms with Crippen LogP contribution in [0.4, 0.5) is 0 Å². The lowest BCUT2D eigenvalue weighted by Crippen LogP contribution is -2.02. The van der Waals surface area contributed by atoms with E-state index in [0.717, 1.165) is 11.1 Å². The van der Waals surface area contributed by atoms with Gasteiger partial charge in [0.05, 0.1) is 0 Å². The maximum Gasteiger partial charge on any atom is 0.106 e. The molecule has 2 aromatic rings. The van der Waals surface area contributed by atoms with E-state index in [-0.39, 0.29) is 0 Å². The largest absolute Gasteiger partial charge is 0.384 e. The van der Waals surface area contributed by atoms with Crippen LogP contribution in [0, 0.1) is 6.92 Å². The van der Waals surface area contributed by atoms with Crippen LogP contribution in [-0.2, 0) is 0 Å². The van der Waals surface area contributed by atoms with E-state index in [4.69, 9.17) is 23.2 Å². The smallest absolute Gasteiger partial charge is 0.106 e. The Labute approximate surface area is 111 Å². The van der Waals surface area contributed by atoms with Crippen molar-refractivity contribution >= 4 is 23.2 Å². The minimum atomic E-state index is -0.748. The van der Waals surface area contributed by atoms with Gasteiger partial charge in [-0.1, -0.05) is 53.5 Å². The Morgan fingerprint density at radius 1 is 0.882 bits per heavy atom. The molecule has 0 aromatic heterocycles. The summed E-state index contributed by atoms with van der Waals surface area (Å²) in [6.45, 7) is 1.89. The Balaban J connectivity index is 2.48. The van der Waals surface area contributed by atoms with Gasteiger partial charge in [-0.3, -0.25) is 0 Å². The van der Waals surface area contributed by atoms with Gasteiger partial charge in [0.15, 0.2) is 0 Å². The van der Waals surface area contributed by atoms with E-state index in [1.807, 2.05) is 37.3 Å². The molecular weight excluding hydrogens is 255 g/mol. The Hall–Kier alpha value is -1.02. The summed E-state index contributed by atoms with van der Waals surface area (Å²) >= 11 is 12.1. The van der Waals surface area contributed by atoms with Gasteiger partial charge in [0, 0.05) is 15.6 Å². The highest BCUT2D eigenvalue weighted by atomic mass is 35.5. The average Bonchev–Trinajstić information content (AvgIpc) is 2.32. The highest BCUT2D eigenvalue weighted by molar-refractivity contribution is 6.32. The number of hydrogen-bond acceptors (Lipinski definition) is 1. The van der Waals surface area contributed by atoms with E-state index < -0.39 is 6.10 Å². The first-order chi connectivity index (χ1) is 8.11. The Kier molecular flexibility index (Phi) is 3.72. The molecular formula is C14H12Cl2O. The molecule has 0 aliphatic rings. The summed E-state index contributed by atoms with van der Waals surface area (Å²) in [5.41, 5.74) is 2.35. The Morgan fingerprint density at radius 2 is 1.47 bits per heavy atom. The third kappa shape index (κ3) is 2.47. The molecule has 0 spiro atoms. The van der Waals surface area contributed by atoms with Crippen LogP contribution >= 0.6 is 23.2 Å². The van der Waals surface area contributed by atoms with Crippen LogP contribution in [0.2, 0.25) is 10.0 Å². The molecule has 0 heterocycles. The summed E-state index contributed by atoms with van der Waals surface area (Å²) in [6, 6.07) is 12.8. The highest BCUT2D eigenvalue weighted by Gasteiger charge is 2.16. The Morgan fingerprint density at radius 3 is 2.18 bits per heavy atom. The van der Waals surface area contributed by atoms with E-state index in [9.17, 15) is 5.11 Å². The summed E-state index contributed by atoms with van der Waals surface area (Å²) < 4.78 is 0. The molecule has 1 atom stereocenters. The molecule has 3 heteroatoms. The van der Waals surface area contributed by atoms with Crippen molar-refractivity contribution in [3.63, 3.8) is 0 Å². The van der Waals surface area contributed by atoms with Gasteiger partial charge in [-0.25, -0.2) is 0 Å². The van der Waals surface area contributed by atoms with E-state index in [1.54, 1.807) is 12.1 Å². The zero-order chi connectivity index (χ0) is 12.4. The quantitative estimate of drug-likeness (QED) is 0.855. The van der Waals surface area contributed by atoms with Crippen LogP contribution < -0.4 is 0 Å². The Bertz CT molecular complexity index is 537. The number of halogens is 2. The monoisotopic (exact) mass is 266 g/mol. The molecule has 0 amide bonds. The minimum Gasteiger partial charge on any atom is -0.384 e. The summed E-state index contributed by atoms with van der Waals surface area (Å²) in [5, 5.41) is 11.5. The standard InChI is InChI=1S/C14H12Cl2O/c1-9-10(6-4-8-12(9)15)14(17)11-5-2-3-7-13(11)16/h2-8,14,17H,1H3. The second-order valence-corrected chi connectivity index (χ2v) is 4.69. The summed E-state index contributed by atoms with van der Waals surface area (Å²) in [5.74, 6) is 0. The van der Waals surface area contributed by atoms with E-state index in [2.05, 4.69) is 0 Å². The first-order valence-electron chi connectivity index (χ1n) is 5.28. The van der Waals surface area contributed by atoms with Crippen molar-refractivity contribution in [3.8, 4) is 0 Å². The summed E-state index contributed by atoms with van der Waals surface area (Å²) in [7, 11) is 0. The van der Waals surface area contributed by atoms with Crippen LogP contribution in [-0.4, -0.2) is 5.11 Å². The average molecular weight is 267 g/mol. The van der Waals surface area contributed by atoms with Crippen LogP contribution in [0.1, 0.15) is 22.8 Å². The SMILES string of the molecule is Cc1c(Cl)cccc1C(O)c1ccccc1Cl. The second-order valence-electron chi connectivity index (χ2n) is 3.88. The van der Waals surface area contributed by atoms with Crippen molar-refractivity contribution in [2.45, 2.75) is 13.0 Å². The van der Waals surface area contributed by atoms with Crippen LogP contribution in [0.15, 0.2) is 42.5 Å². The lowest BCUT2D eigenvalue weighted by molar-refractivity contribution is 0.219. The normalized spacial score (nSPS) is 12.5. The van der Waals surface area contributed by atoms with Crippen molar-refractivity contribution < 1.29 is 5.11 Å². The maximum atomic E-state index is 10.3. The van der Waals surface area contributed by atoms with Crippen molar-refractivity contribution in [2.75, 3.05) is 0 Å². The molecule has 0 bridgehead atoms. The lowest BCUT2D eigenvalue weighted by Gasteiger charge is -2.16. The first kappa shape index (κ1) is 12.4. The fourth-order valence-electron chi connectivity index (χ4n) is 1.78. The van der Waals surface area contributed by atoms with E-state index in [0.29, 0.717) is 15.6 Å². The molecule has 0 radical (unpaired) electrons. The first-order valence-corrected chi connectivity index (χ1v) is 6.04. The van der Waals surface area contributed by atoms with Crippen LogP contribution in [0.25, 0.3) is 0 Å². The highest BCUT2D eigenvalue weighted by Crippen LogP contribution is 2.31. The van der Waals surface area contributed by atoms with Crippen molar-refractivity contribution in [2.24, 2.45) is 0 Å². The molecule has 1 nitrogen and oxygen atoms in total. The number of hydrogen-bond donors (Lipinski definition) is 1. The molecule has 0 fully saturated rings. The molecule has 0 aliphatic heterocycles. The molecule has 2 aromatic carbocycles. The van der Waals surface area contributed by atoms with Gasteiger partial charge in [0.25, 0.3) is 0 Å². The van der Waals surface area contributed by atoms with Crippen molar-refractivity contribution in [1.29, 1.82) is 0 Å². The van der Waals surface area contributed by atoms with Gasteiger partial charge < -0.3 is 5.11 Å². The van der Waals surface area contributed by atoms with Gasteiger partial charge in [-0.2, -0.15) is 0 Å². The van der Waals surface area contributed by atoms with E-state index in [1.165, 1.54) is 0 Å². The van der Waals surface area contributed by atoms with Gasteiger partial charge in [0.1, 0.15) is 6.10 Å². The second kappa shape index (κ2) is 5.09. The summed E-state index contributed by atoms with van der Waals surface area (Å²) in [4.78, 5) is 0. The maximum absolute atomic E-state index is 10.3. The fraction of sp³-hybridized carbons (Fsp3) is 0.143. The molecule has 2 rings (SSSR count). The molecule has 1 N–H and O–H groups in total. The van der Waals surface area contributed by atoms with Gasteiger partial charge in [-0.15, -0.1) is 0 Å². The van der Waals surface area contributed by atoms with Gasteiger partial charge in [0.2, 0.25) is 0 Å². The number of rotatable bonds is 2. The zero-order valence-corrected chi connectivity index (χ0v) is 10.8.